The van der Waals surface area contributed by atoms with E-state index in [1.54, 1.807) is 24.3 Å². The third-order valence-corrected chi connectivity index (χ3v) is 4.99. The number of nitrogens with zero attached hydrogens (tertiary/aromatic N) is 2. The van der Waals surface area contributed by atoms with Crippen molar-refractivity contribution < 1.29 is 10.2 Å². The molecule has 3 N–H and O–H groups in total. The van der Waals surface area contributed by atoms with E-state index in [1.165, 1.54) is 16.6 Å². The fourth-order valence-corrected chi connectivity index (χ4v) is 3.14. The lowest BCUT2D eigenvalue weighted by molar-refractivity contribution is 0.136. The van der Waals surface area contributed by atoms with Crippen molar-refractivity contribution in [2.24, 2.45) is 0 Å². The van der Waals surface area contributed by atoms with Crippen LogP contribution in [0.15, 0.2) is 42.7 Å². The molecular formula is C21H27N3O2. The lowest BCUT2D eigenvalue weighted by atomic mass is 10.0. The summed E-state index contributed by atoms with van der Waals surface area (Å²) in [5.41, 5.74) is 5.56. The number of aliphatic hydroxyl groups excluding tert-OH is 1. The number of aromatic hydroxyl groups is 1. The number of aromatic nitrogens is 2. The monoisotopic (exact) mass is 353 g/mol. The summed E-state index contributed by atoms with van der Waals surface area (Å²) in [7, 11) is 0. The molecule has 2 aromatic carbocycles. The highest BCUT2D eigenvalue weighted by atomic mass is 16.3. The molecule has 2 unspecified atom stereocenters. The molecule has 138 valence electrons. The molecule has 0 fully saturated rings. The maximum atomic E-state index is 10.4. The molecule has 0 aliphatic rings. The van der Waals surface area contributed by atoms with Crippen LogP contribution in [0.2, 0.25) is 0 Å². The first kappa shape index (κ1) is 18.4. The average molecular weight is 353 g/mol. The van der Waals surface area contributed by atoms with E-state index >= 15 is 0 Å². The predicted molar refractivity (Wildman–Crippen MR) is 104 cm³/mol. The van der Waals surface area contributed by atoms with Gasteiger partial charge in [-0.2, -0.15) is 0 Å². The third-order valence-electron chi connectivity index (χ3n) is 4.99. The van der Waals surface area contributed by atoms with Gasteiger partial charge >= 0.3 is 0 Å². The Labute approximate surface area is 154 Å². The number of nitrogens with one attached hydrogen (secondary N) is 1. The van der Waals surface area contributed by atoms with Gasteiger partial charge in [0, 0.05) is 12.6 Å². The van der Waals surface area contributed by atoms with Gasteiger partial charge in [0.05, 0.1) is 23.5 Å². The number of aliphatic hydroxyl groups is 1. The third kappa shape index (κ3) is 4.06. The van der Waals surface area contributed by atoms with Crippen LogP contribution in [0.1, 0.15) is 36.1 Å². The van der Waals surface area contributed by atoms with Crippen molar-refractivity contribution in [1.82, 2.24) is 14.9 Å². The summed E-state index contributed by atoms with van der Waals surface area (Å²) in [4.78, 5) is 4.49. The second kappa shape index (κ2) is 7.89. The van der Waals surface area contributed by atoms with E-state index in [0.717, 1.165) is 30.6 Å². The molecule has 0 amide bonds. The van der Waals surface area contributed by atoms with Crippen molar-refractivity contribution in [1.29, 1.82) is 0 Å². The van der Waals surface area contributed by atoms with Crippen molar-refractivity contribution in [3.8, 4) is 5.75 Å². The standard InChI is InChI=1S/C21H27N3O2/c1-14-11-19-20(12-15(14)2)24(13-23-19)10-4-9-22-16(3)21(26)17-5-7-18(25)8-6-17/h5-8,11-13,16,21-22,25-26H,4,9-10H2,1-3H3. The molecule has 3 rings (SSSR count). The van der Waals surface area contributed by atoms with Gasteiger partial charge in [-0.15, -0.1) is 0 Å². The summed E-state index contributed by atoms with van der Waals surface area (Å²) in [6, 6.07) is 11.0. The number of rotatable bonds is 7. The lowest BCUT2D eigenvalue weighted by Crippen LogP contribution is -2.33. The van der Waals surface area contributed by atoms with Crippen LogP contribution in [-0.4, -0.2) is 32.4 Å². The summed E-state index contributed by atoms with van der Waals surface area (Å²) in [5, 5.41) is 23.1. The molecule has 0 spiro atoms. The molecule has 0 saturated heterocycles. The molecule has 0 radical (unpaired) electrons. The molecule has 0 aliphatic heterocycles. The summed E-state index contributed by atoms with van der Waals surface area (Å²) in [6.07, 6.45) is 2.25. The quantitative estimate of drug-likeness (QED) is 0.569. The van der Waals surface area contributed by atoms with Gasteiger partial charge in [-0.1, -0.05) is 12.1 Å². The van der Waals surface area contributed by atoms with Gasteiger partial charge in [0.1, 0.15) is 5.75 Å². The number of phenols is 1. The first-order valence-electron chi connectivity index (χ1n) is 9.08. The smallest absolute Gasteiger partial charge is 0.115 e. The Morgan fingerprint density at radius 3 is 2.54 bits per heavy atom. The SMILES string of the molecule is Cc1cc2ncn(CCCNC(C)C(O)c3ccc(O)cc3)c2cc1C. The normalized spacial score (nSPS) is 13.8. The summed E-state index contributed by atoms with van der Waals surface area (Å²) in [5.74, 6) is 0.208. The first-order chi connectivity index (χ1) is 12.5. The summed E-state index contributed by atoms with van der Waals surface area (Å²) in [6.45, 7) is 7.89. The fourth-order valence-electron chi connectivity index (χ4n) is 3.14. The number of hydrogen-bond acceptors (Lipinski definition) is 4. The molecular weight excluding hydrogens is 326 g/mol. The zero-order valence-electron chi connectivity index (χ0n) is 15.6. The van der Waals surface area contributed by atoms with Gasteiger partial charge in [-0.3, -0.25) is 0 Å². The van der Waals surface area contributed by atoms with E-state index in [-0.39, 0.29) is 11.8 Å². The Hall–Kier alpha value is -2.37. The number of hydrogen-bond donors (Lipinski definition) is 3. The maximum absolute atomic E-state index is 10.4. The van der Waals surface area contributed by atoms with Crippen molar-refractivity contribution in [2.45, 2.75) is 45.9 Å². The largest absolute Gasteiger partial charge is 0.508 e. The predicted octanol–water partition coefficient (Wildman–Crippen LogP) is 3.46. The van der Waals surface area contributed by atoms with Crippen LogP contribution in [0.4, 0.5) is 0 Å². The highest BCUT2D eigenvalue weighted by Crippen LogP contribution is 2.20. The van der Waals surface area contributed by atoms with Crippen LogP contribution in [0, 0.1) is 13.8 Å². The number of imidazole rings is 1. The molecule has 0 saturated carbocycles. The topological polar surface area (TPSA) is 70.3 Å². The zero-order chi connectivity index (χ0) is 18.7. The van der Waals surface area contributed by atoms with Crippen molar-refractivity contribution in [2.75, 3.05) is 6.54 Å². The molecule has 3 aromatic rings. The van der Waals surface area contributed by atoms with Crippen molar-refractivity contribution >= 4 is 11.0 Å². The van der Waals surface area contributed by atoms with Crippen LogP contribution in [0.3, 0.4) is 0 Å². The van der Waals surface area contributed by atoms with Gasteiger partial charge in [0.25, 0.3) is 0 Å². The fraction of sp³-hybridized carbons (Fsp3) is 0.381. The van der Waals surface area contributed by atoms with Crippen LogP contribution < -0.4 is 5.32 Å². The van der Waals surface area contributed by atoms with E-state index < -0.39 is 6.10 Å². The minimum Gasteiger partial charge on any atom is -0.508 e. The second-order valence-corrected chi connectivity index (χ2v) is 7.00. The Morgan fingerprint density at radius 2 is 1.81 bits per heavy atom. The number of aryl methyl sites for hydroxylation is 3. The minimum absolute atomic E-state index is 0.0658. The number of fused-ring (bicyclic) bond motifs is 1. The summed E-state index contributed by atoms with van der Waals surface area (Å²) >= 11 is 0. The van der Waals surface area contributed by atoms with Gasteiger partial charge in [-0.05, 0) is 74.7 Å². The number of benzene rings is 2. The zero-order valence-corrected chi connectivity index (χ0v) is 15.6. The van der Waals surface area contributed by atoms with Crippen LogP contribution in [-0.2, 0) is 6.54 Å². The molecule has 5 heteroatoms. The van der Waals surface area contributed by atoms with Crippen LogP contribution in [0.5, 0.6) is 5.75 Å². The Morgan fingerprint density at radius 1 is 1.12 bits per heavy atom. The van der Waals surface area contributed by atoms with E-state index in [4.69, 9.17) is 0 Å². The molecule has 1 aromatic heterocycles. The Kier molecular flexibility index (Phi) is 5.59. The summed E-state index contributed by atoms with van der Waals surface area (Å²) < 4.78 is 2.19. The highest BCUT2D eigenvalue weighted by Gasteiger charge is 2.15. The van der Waals surface area contributed by atoms with Gasteiger partial charge in [-0.25, -0.2) is 4.98 Å². The van der Waals surface area contributed by atoms with Gasteiger partial charge < -0.3 is 20.1 Å². The molecule has 2 atom stereocenters. The van der Waals surface area contributed by atoms with E-state index in [9.17, 15) is 10.2 Å². The van der Waals surface area contributed by atoms with Crippen LogP contribution >= 0.6 is 0 Å². The second-order valence-electron chi connectivity index (χ2n) is 7.00. The lowest BCUT2D eigenvalue weighted by Gasteiger charge is -2.21. The highest BCUT2D eigenvalue weighted by molar-refractivity contribution is 5.77. The average Bonchev–Trinajstić information content (AvgIpc) is 3.00. The molecule has 0 bridgehead atoms. The molecule has 1 heterocycles. The Bertz CT molecular complexity index is 871. The van der Waals surface area contributed by atoms with Crippen LogP contribution in [0.25, 0.3) is 11.0 Å². The van der Waals surface area contributed by atoms with E-state index in [1.807, 2.05) is 13.3 Å². The van der Waals surface area contributed by atoms with E-state index in [2.05, 4.69) is 40.8 Å². The van der Waals surface area contributed by atoms with Gasteiger partial charge in [0.2, 0.25) is 0 Å². The van der Waals surface area contributed by atoms with Gasteiger partial charge in [0.15, 0.2) is 0 Å². The van der Waals surface area contributed by atoms with Crippen molar-refractivity contribution in [3.63, 3.8) is 0 Å². The first-order valence-corrected chi connectivity index (χ1v) is 9.08. The van der Waals surface area contributed by atoms with Crippen molar-refractivity contribution in [3.05, 3.63) is 59.4 Å². The minimum atomic E-state index is -0.602. The Balaban J connectivity index is 1.52. The van der Waals surface area contributed by atoms with E-state index in [0.29, 0.717) is 0 Å². The number of phenolic OH excluding ortho intramolecular Hbond substituents is 1. The molecule has 0 aliphatic carbocycles. The maximum Gasteiger partial charge on any atom is 0.115 e. The molecule has 26 heavy (non-hydrogen) atoms. The molecule has 5 nitrogen and oxygen atoms in total.